The molecule has 30 heavy (non-hydrogen) atoms. The number of Topliss-reactive ketones (excluding diaryl/α,β-unsaturated/α-hetero) is 1. The molecule has 1 saturated heterocycles. The van der Waals surface area contributed by atoms with Crippen LogP contribution >= 0.6 is 11.3 Å². The number of hydrogen-bond donors (Lipinski definition) is 2. The molecule has 1 unspecified atom stereocenters. The smallest absolute Gasteiger partial charge is 0.300 e. The molecule has 1 aliphatic heterocycles. The fourth-order valence-electron chi connectivity index (χ4n) is 3.36. The molecule has 3 N–H and O–H groups in total. The molecule has 0 bridgehead atoms. The second-order valence-corrected chi connectivity index (χ2v) is 9.13. The van der Waals surface area contributed by atoms with Crippen molar-refractivity contribution in [2.75, 3.05) is 4.90 Å². The Morgan fingerprint density at radius 2 is 1.63 bits per heavy atom. The number of sulfonamides is 1. The quantitative estimate of drug-likeness (QED) is 0.367. The lowest BCUT2D eigenvalue weighted by Gasteiger charge is -2.24. The number of hydrogen-bond acceptors (Lipinski definition) is 6. The summed E-state index contributed by atoms with van der Waals surface area (Å²) < 4.78 is 23.1. The van der Waals surface area contributed by atoms with E-state index in [4.69, 9.17) is 5.14 Å². The van der Waals surface area contributed by atoms with Gasteiger partial charge in [-0.2, -0.15) is 0 Å². The number of nitrogens with zero attached hydrogens (tertiary/aromatic N) is 1. The van der Waals surface area contributed by atoms with Crippen LogP contribution in [0.1, 0.15) is 16.5 Å². The first-order chi connectivity index (χ1) is 14.3. The van der Waals surface area contributed by atoms with E-state index in [9.17, 15) is 23.1 Å². The molecule has 7 nitrogen and oxygen atoms in total. The third-order valence-electron chi connectivity index (χ3n) is 4.75. The molecule has 4 rings (SSSR count). The van der Waals surface area contributed by atoms with Crippen LogP contribution < -0.4 is 10.0 Å². The maximum atomic E-state index is 12.9. The minimum absolute atomic E-state index is 0.0239. The number of rotatable bonds is 4. The highest BCUT2D eigenvalue weighted by atomic mass is 32.2. The van der Waals surface area contributed by atoms with Gasteiger partial charge in [0.25, 0.3) is 11.7 Å². The zero-order valence-corrected chi connectivity index (χ0v) is 17.1. The molecular weight excluding hydrogens is 424 g/mol. The van der Waals surface area contributed by atoms with Gasteiger partial charge in [0, 0.05) is 16.1 Å². The third kappa shape index (κ3) is 3.43. The van der Waals surface area contributed by atoms with Crippen LogP contribution in [0.25, 0.3) is 5.76 Å². The molecule has 1 atom stereocenters. The van der Waals surface area contributed by atoms with Gasteiger partial charge in [-0.05, 0) is 35.7 Å². The molecule has 3 aromatic rings. The molecule has 2 heterocycles. The number of anilines is 1. The van der Waals surface area contributed by atoms with E-state index in [1.807, 2.05) is 5.38 Å². The molecule has 1 amide bonds. The van der Waals surface area contributed by atoms with Crippen LogP contribution in [-0.2, 0) is 19.6 Å². The fraction of sp³-hybridized carbons (Fsp3) is 0.0476. The van der Waals surface area contributed by atoms with Crippen LogP contribution in [0.2, 0.25) is 0 Å². The van der Waals surface area contributed by atoms with Crippen molar-refractivity contribution in [3.63, 3.8) is 0 Å². The molecule has 0 aliphatic carbocycles. The molecule has 0 saturated carbocycles. The second kappa shape index (κ2) is 7.52. The van der Waals surface area contributed by atoms with Gasteiger partial charge in [0.05, 0.1) is 10.5 Å². The number of primary sulfonamides is 1. The summed E-state index contributed by atoms with van der Waals surface area (Å²) in [6.45, 7) is 0. The largest absolute Gasteiger partial charge is 0.507 e. The van der Waals surface area contributed by atoms with Crippen molar-refractivity contribution in [2.45, 2.75) is 10.9 Å². The molecule has 0 radical (unpaired) electrons. The van der Waals surface area contributed by atoms with Gasteiger partial charge in [0.1, 0.15) is 11.8 Å². The molecule has 9 heteroatoms. The highest BCUT2D eigenvalue weighted by molar-refractivity contribution is 7.89. The number of thiophene rings is 1. The van der Waals surface area contributed by atoms with Gasteiger partial charge in [0.2, 0.25) is 10.0 Å². The van der Waals surface area contributed by atoms with E-state index in [0.717, 1.165) is 0 Å². The molecule has 0 spiro atoms. The topological polar surface area (TPSA) is 118 Å². The first-order valence-corrected chi connectivity index (χ1v) is 11.2. The van der Waals surface area contributed by atoms with E-state index in [2.05, 4.69) is 0 Å². The number of amides is 1. The van der Waals surface area contributed by atoms with Crippen LogP contribution in [0.4, 0.5) is 5.69 Å². The number of aliphatic hydroxyl groups excluding tert-OH is 1. The third-order valence-corrected chi connectivity index (χ3v) is 6.60. The van der Waals surface area contributed by atoms with Crippen LogP contribution in [0, 0.1) is 0 Å². The predicted molar refractivity (Wildman–Crippen MR) is 113 cm³/mol. The lowest BCUT2D eigenvalue weighted by molar-refractivity contribution is -0.132. The molecule has 1 aromatic heterocycles. The van der Waals surface area contributed by atoms with Gasteiger partial charge in [-0.15, -0.1) is 11.3 Å². The number of aliphatic hydroxyl groups is 1. The molecule has 1 aliphatic rings. The van der Waals surface area contributed by atoms with Crippen LogP contribution in [0.15, 0.2) is 82.6 Å². The average Bonchev–Trinajstić information content (AvgIpc) is 3.35. The van der Waals surface area contributed by atoms with Crippen molar-refractivity contribution in [3.05, 3.63) is 88.1 Å². The summed E-state index contributed by atoms with van der Waals surface area (Å²) in [5.74, 6) is -1.89. The van der Waals surface area contributed by atoms with Gasteiger partial charge in [0.15, 0.2) is 0 Å². The predicted octanol–water partition coefficient (Wildman–Crippen LogP) is 3.02. The Labute approximate surface area is 176 Å². The summed E-state index contributed by atoms with van der Waals surface area (Å²) in [6.07, 6.45) is 0. The summed E-state index contributed by atoms with van der Waals surface area (Å²) in [4.78, 5) is 27.7. The van der Waals surface area contributed by atoms with Crippen LogP contribution in [0.3, 0.4) is 0 Å². The Kier molecular flexibility index (Phi) is 5.02. The SMILES string of the molecule is NS(=O)(=O)c1ccc(N2C(=O)C(=O)/C(=C(\O)c3ccccc3)C2c2cccs2)cc1. The Morgan fingerprint density at radius 1 is 0.967 bits per heavy atom. The highest BCUT2D eigenvalue weighted by Crippen LogP contribution is 2.43. The first kappa shape index (κ1) is 20.0. The monoisotopic (exact) mass is 440 g/mol. The van der Waals surface area contributed by atoms with Gasteiger partial charge in [-0.3, -0.25) is 14.5 Å². The standard InChI is InChI=1S/C21H16N2O5S2/c22-30(27,28)15-10-8-14(9-11-15)23-18(16-7-4-12-29-16)17(20(25)21(23)26)19(24)13-5-2-1-3-6-13/h1-12,18,24H,(H2,22,27,28)/b19-17-. The summed E-state index contributed by atoms with van der Waals surface area (Å²) in [5, 5.41) is 17.8. The van der Waals surface area contributed by atoms with E-state index in [-0.39, 0.29) is 16.2 Å². The second-order valence-electron chi connectivity index (χ2n) is 6.59. The van der Waals surface area contributed by atoms with E-state index in [0.29, 0.717) is 16.1 Å². The Balaban J connectivity index is 1.89. The Bertz CT molecular complexity index is 1250. The number of ketones is 1. The van der Waals surface area contributed by atoms with Crippen molar-refractivity contribution < 1.29 is 23.1 Å². The van der Waals surface area contributed by atoms with Crippen molar-refractivity contribution >= 4 is 44.5 Å². The Hall–Kier alpha value is -3.27. The van der Waals surface area contributed by atoms with Gasteiger partial charge < -0.3 is 5.11 Å². The van der Waals surface area contributed by atoms with Crippen LogP contribution in [0.5, 0.6) is 0 Å². The van der Waals surface area contributed by atoms with E-state index >= 15 is 0 Å². The minimum atomic E-state index is -3.90. The Morgan fingerprint density at radius 3 is 2.20 bits per heavy atom. The summed E-state index contributed by atoms with van der Waals surface area (Å²) in [7, 11) is -3.90. The van der Waals surface area contributed by atoms with Crippen molar-refractivity contribution in [2.24, 2.45) is 5.14 Å². The molecule has 152 valence electrons. The summed E-state index contributed by atoms with van der Waals surface area (Å²) in [6, 6.07) is 16.6. The normalized spacial score (nSPS) is 18.7. The van der Waals surface area contributed by atoms with E-state index < -0.39 is 27.8 Å². The zero-order chi connectivity index (χ0) is 21.5. The van der Waals surface area contributed by atoms with Crippen molar-refractivity contribution in [1.29, 1.82) is 0 Å². The number of benzene rings is 2. The van der Waals surface area contributed by atoms with Gasteiger partial charge >= 0.3 is 0 Å². The average molecular weight is 441 g/mol. The van der Waals surface area contributed by atoms with Crippen molar-refractivity contribution in [1.82, 2.24) is 0 Å². The lowest BCUT2D eigenvalue weighted by Crippen LogP contribution is -2.29. The van der Waals surface area contributed by atoms with Crippen molar-refractivity contribution in [3.8, 4) is 0 Å². The molecule has 1 fully saturated rings. The summed E-state index contributed by atoms with van der Waals surface area (Å²) >= 11 is 1.34. The van der Waals surface area contributed by atoms with Gasteiger partial charge in [-0.1, -0.05) is 36.4 Å². The number of carbonyl (C=O) groups is 2. The summed E-state index contributed by atoms with van der Waals surface area (Å²) in [5.41, 5.74) is 0.709. The maximum Gasteiger partial charge on any atom is 0.300 e. The zero-order valence-electron chi connectivity index (χ0n) is 15.4. The highest BCUT2D eigenvalue weighted by Gasteiger charge is 2.47. The van der Waals surface area contributed by atoms with Crippen LogP contribution in [-0.4, -0.2) is 25.2 Å². The maximum absolute atomic E-state index is 12.9. The van der Waals surface area contributed by atoms with E-state index in [1.54, 1.807) is 42.5 Å². The van der Waals surface area contributed by atoms with E-state index in [1.165, 1.54) is 40.5 Å². The minimum Gasteiger partial charge on any atom is -0.507 e. The number of carbonyl (C=O) groups excluding carboxylic acids is 2. The molecular formula is C21H16N2O5S2. The first-order valence-electron chi connectivity index (χ1n) is 8.81. The van der Waals surface area contributed by atoms with Gasteiger partial charge in [-0.25, -0.2) is 13.6 Å². The lowest BCUT2D eigenvalue weighted by atomic mass is 10.00. The number of nitrogens with two attached hydrogens (primary N) is 1. The fourth-order valence-corrected chi connectivity index (χ4v) is 4.70. The molecule has 2 aromatic carbocycles.